The van der Waals surface area contributed by atoms with Crippen LogP contribution in [0, 0.1) is 5.95 Å². The maximum Gasteiger partial charge on any atom is 0.212 e. The van der Waals surface area contributed by atoms with E-state index in [9.17, 15) is 4.39 Å². The SMILES string of the molecule is CC(Nc1ccc(F)nc1)c1cccs1. The zero-order valence-electron chi connectivity index (χ0n) is 8.27. The van der Waals surface area contributed by atoms with Crippen LogP contribution in [0.3, 0.4) is 0 Å². The van der Waals surface area contributed by atoms with Crippen LogP contribution >= 0.6 is 11.3 Å². The monoisotopic (exact) mass is 222 g/mol. The summed E-state index contributed by atoms with van der Waals surface area (Å²) >= 11 is 1.70. The number of hydrogen-bond acceptors (Lipinski definition) is 3. The summed E-state index contributed by atoms with van der Waals surface area (Å²) in [6.07, 6.45) is 1.50. The Bertz CT molecular complexity index is 411. The van der Waals surface area contributed by atoms with E-state index in [1.807, 2.05) is 11.4 Å². The van der Waals surface area contributed by atoms with E-state index >= 15 is 0 Å². The third-order valence-electron chi connectivity index (χ3n) is 2.08. The molecule has 0 saturated heterocycles. The first-order chi connectivity index (χ1) is 7.25. The van der Waals surface area contributed by atoms with Gasteiger partial charge in [0.25, 0.3) is 0 Å². The van der Waals surface area contributed by atoms with Gasteiger partial charge < -0.3 is 5.32 Å². The van der Waals surface area contributed by atoms with Crippen molar-refractivity contribution in [3.05, 3.63) is 46.7 Å². The van der Waals surface area contributed by atoms with E-state index in [2.05, 4.69) is 23.3 Å². The quantitative estimate of drug-likeness (QED) is 0.804. The molecule has 2 aromatic heterocycles. The highest BCUT2D eigenvalue weighted by molar-refractivity contribution is 7.10. The Kier molecular flexibility index (Phi) is 2.97. The van der Waals surface area contributed by atoms with Gasteiger partial charge in [-0.15, -0.1) is 11.3 Å². The third kappa shape index (κ3) is 2.53. The van der Waals surface area contributed by atoms with Gasteiger partial charge >= 0.3 is 0 Å². The van der Waals surface area contributed by atoms with E-state index in [1.54, 1.807) is 17.4 Å². The largest absolute Gasteiger partial charge is 0.376 e. The molecule has 0 aromatic carbocycles. The van der Waals surface area contributed by atoms with Crippen molar-refractivity contribution in [3.63, 3.8) is 0 Å². The first-order valence-electron chi connectivity index (χ1n) is 4.67. The van der Waals surface area contributed by atoms with Gasteiger partial charge in [0, 0.05) is 4.88 Å². The molecule has 0 spiro atoms. The number of thiophene rings is 1. The van der Waals surface area contributed by atoms with Gasteiger partial charge in [-0.25, -0.2) is 4.98 Å². The van der Waals surface area contributed by atoms with Crippen molar-refractivity contribution in [3.8, 4) is 0 Å². The lowest BCUT2D eigenvalue weighted by Crippen LogP contribution is -2.05. The smallest absolute Gasteiger partial charge is 0.212 e. The maximum absolute atomic E-state index is 12.6. The number of nitrogens with zero attached hydrogens (tertiary/aromatic N) is 1. The Morgan fingerprint density at radius 2 is 2.27 bits per heavy atom. The van der Waals surface area contributed by atoms with E-state index < -0.39 is 5.95 Å². The lowest BCUT2D eigenvalue weighted by atomic mass is 10.2. The minimum Gasteiger partial charge on any atom is -0.376 e. The van der Waals surface area contributed by atoms with E-state index in [0.717, 1.165) is 5.69 Å². The molecule has 1 unspecified atom stereocenters. The molecular formula is C11H11FN2S. The Balaban J connectivity index is 2.06. The zero-order valence-corrected chi connectivity index (χ0v) is 9.09. The molecule has 0 fully saturated rings. The molecule has 0 saturated carbocycles. The van der Waals surface area contributed by atoms with Crippen molar-refractivity contribution in [2.75, 3.05) is 5.32 Å². The van der Waals surface area contributed by atoms with Crippen LogP contribution in [0.4, 0.5) is 10.1 Å². The topological polar surface area (TPSA) is 24.9 Å². The molecule has 78 valence electrons. The summed E-state index contributed by atoms with van der Waals surface area (Å²) in [6, 6.07) is 7.34. The number of pyridine rings is 1. The summed E-state index contributed by atoms with van der Waals surface area (Å²) in [7, 11) is 0. The van der Waals surface area contributed by atoms with Gasteiger partial charge in [-0.3, -0.25) is 0 Å². The van der Waals surface area contributed by atoms with Crippen LogP contribution in [0.1, 0.15) is 17.8 Å². The number of rotatable bonds is 3. The number of aromatic nitrogens is 1. The highest BCUT2D eigenvalue weighted by Crippen LogP contribution is 2.22. The molecule has 2 rings (SSSR count). The van der Waals surface area contributed by atoms with Gasteiger partial charge in [-0.05, 0) is 30.5 Å². The Hall–Kier alpha value is -1.42. The summed E-state index contributed by atoms with van der Waals surface area (Å²) < 4.78 is 12.6. The van der Waals surface area contributed by atoms with E-state index in [-0.39, 0.29) is 6.04 Å². The van der Waals surface area contributed by atoms with Crippen LogP contribution in [0.5, 0.6) is 0 Å². The van der Waals surface area contributed by atoms with Crippen molar-refractivity contribution in [1.29, 1.82) is 0 Å². The summed E-state index contributed by atoms with van der Waals surface area (Å²) in [4.78, 5) is 4.84. The second-order valence-electron chi connectivity index (χ2n) is 3.25. The molecule has 0 aliphatic heterocycles. The molecule has 1 atom stereocenters. The van der Waals surface area contributed by atoms with Gasteiger partial charge in [0.2, 0.25) is 5.95 Å². The van der Waals surface area contributed by atoms with Crippen molar-refractivity contribution >= 4 is 17.0 Å². The van der Waals surface area contributed by atoms with Crippen LogP contribution in [0.25, 0.3) is 0 Å². The number of nitrogens with one attached hydrogen (secondary N) is 1. The number of hydrogen-bond donors (Lipinski definition) is 1. The van der Waals surface area contributed by atoms with Crippen LogP contribution in [0.2, 0.25) is 0 Å². The summed E-state index contributed by atoms with van der Waals surface area (Å²) in [5.41, 5.74) is 0.831. The molecule has 0 bridgehead atoms. The Morgan fingerprint density at radius 3 is 2.87 bits per heavy atom. The summed E-state index contributed by atoms with van der Waals surface area (Å²) in [6.45, 7) is 2.06. The minimum absolute atomic E-state index is 0.220. The van der Waals surface area contributed by atoms with Gasteiger partial charge in [-0.2, -0.15) is 4.39 Å². The highest BCUT2D eigenvalue weighted by atomic mass is 32.1. The standard InChI is InChI=1S/C11H11FN2S/c1-8(10-3-2-6-15-10)14-9-4-5-11(12)13-7-9/h2-8,14H,1H3. The van der Waals surface area contributed by atoms with Crippen LogP contribution in [0.15, 0.2) is 35.8 Å². The first kappa shape index (κ1) is 10.1. The van der Waals surface area contributed by atoms with E-state index in [4.69, 9.17) is 0 Å². The molecule has 15 heavy (non-hydrogen) atoms. The number of halogens is 1. The molecule has 0 aliphatic rings. The van der Waals surface area contributed by atoms with E-state index in [0.29, 0.717) is 0 Å². The molecule has 1 N–H and O–H groups in total. The summed E-state index contributed by atoms with van der Waals surface area (Å²) in [5.74, 6) is -0.454. The van der Waals surface area contributed by atoms with Gasteiger partial charge in [-0.1, -0.05) is 6.07 Å². The van der Waals surface area contributed by atoms with Gasteiger partial charge in [0.1, 0.15) is 0 Å². The van der Waals surface area contributed by atoms with Crippen molar-refractivity contribution in [2.24, 2.45) is 0 Å². The molecule has 0 aliphatic carbocycles. The molecule has 2 heterocycles. The molecule has 4 heteroatoms. The minimum atomic E-state index is -0.454. The second kappa shape index (κ2) is 4.40. The lowest BCUT2D eigenvalue weighted by Gasteiger charge is -2.12. The third-order valence-corrected chi connectivity index (χ3v) is 3.14. The predicted octanol–water partition coefficient (Wildman–Crippen LogP) is 3.46. The number of anilines is 1. The molecule has 0 amide bonds. The first-order valence-corrected chi connectivity index (χ1v) is 5.55. The Morgan fingerprint density at radius 1 is 1.40 bits per heavy atom. The zero-order chi connectivity index (χ0) is 10.7. The fraction of sp³-hybridized carbons (Fsp3) is 0.182. The molecule has 0 radical (unpaired) electrons. The predicted molar refractivity (Wildman–Crippen MR) is 60.6 cm³/mol. The van der Waals surface area contributed by atoms with Gasteiger partial charge in [0.15, 0.2) is 0 Å². The second-order valence-corrected chi connectivity index (χ2v) is 4.23. The van der Waals surface area contributed by atoms with Crippen LogP contribution in [-0.2, 0) is 0 Å². The fourth-order valence-corrected chi connectivity index (χ4v) is 2.05. The van der Waals surface area contributed by atoms with E-state index in [1.165, 1.54) is 17.1 Å². The molecule has 2 aromatic rings. The van der Waals surface area contributed by atoms with Crippen molar-refractivity contribution in [2.45, 2.75) is 13.0 Å². The van der Waals surface area contributed by atoms with Gasteiger partial charge in [0.05, 0.1) is 17.9 Å². The Labute approximate surface area is 91.8 Å². The van der Waals surface area contributed by atoms with Crippen LogP contribution in [-0.4, -0.2) is 4.98 Å². The normalized spacial score (nSPS) is 12.4. The van der Waals surface area contributed by atoms with Crippen molar-refractivity contribution in [1.82, 2.24) is 4.98 Å². The summed E-state index contributed by atoms with van der Waals surface area (Å²) in [5, 5.41) is 5.29. The molecule has 2 nitrogen and oxygen atoms in total. The van der Waals surface area contributed by atoms with Crippen LogP contribution < -0.4 is 5.32 Å². The maximum atomic E-state index is 12.6. The highest BCUT2D eigenvalue weighted by Gasteiger charge is 2.05. The van der Waals surface area contributed by atoms with Crippen molar-refractivity contribution < 1.29 is 4.39 Å². The molecular weight excluding hydrogens is 211 g/mol. The fourth-order valence-electron chi connectivity index (χ4n) is 1.32. The lowest BCUT2D eigenvalue weighted by molar-refractivity contribution is 0.584. The average Bonchev–Trinajstić information content (AvgIpc) is 2.74. The average molecular weight is 222 g/mol.